The normalized spacial score (nSPS) is 29.7. The van der Waals surface area contributed by atoms with Gasteiger partial charge >= 0.3 is 6.09 Å². The summed E-state index contributed by atoms with van der Waals surface area (Å²) in [6.45, 7) is 2.41. The van der Waals surface area contributed by atoms with Gasteiger partial charge < -0.3 is 15.0 Å². The first-order valence-electron chi connectivity index (χ1n) is 12.0. The first-order valence-corrected chi connectivity index (χ1v) is 12.0. The minimum Gasteiger partial charge on any atom is -0.446 e. The number of alkyl carbamates (subject to hydrolysis) is 1. The topological polar surface area (TPSA) is 41.6 Å². The molecule has 1 heterocycles. The molecule has 0 bridgehead atoms. The van der Waals surface area contributed by atoms with Gasteiger partial charge in [0, 0.05) is 12.1 Å². The van der Waals surface area contributed by atoms with Gasteiger partial charge in [0.25, 0.3) is 0 Å². The van der Waals surface area contributed by atoms with Crippen molar-refractivity contribution in [1.82, 2.24) is 10.2 Å². The van der Waals surface area contributed by atoms with Crippen molar-refractivity contribution in [3.8, 4) is 0 Å². The molecule has 158 valence electrons. The molecule has 1 amide bonds. The van der Waals surface area contributed by atoms with Gasteiger partial charge in [0.2, 0.25) is 0 Å². The highest BCUT2D eigenvalue weighted by Gasteiger charge is 2.42. The second-order valence-electron chi connectivity index (χ2n) is 9.95. The van der Waals surface area contributed by atoms with Gasteiger partial charge in [-0.05, 0) is 93.8 Å². The van der Waals surface area contributed by atoms with E-state index in [4.69, 9.17) is 4.74 Å². The number of piperidine rings is 1. The van der Waals surface area contributed by atoms with E-state index in [9.17, 15) is 4.79 Å². The van der Waals surface area contributed by atoms with Crippen molar-refractivity contribution in [2.75, 3.05) is 13.1 Å². The zero-order valence-electron chi connectivity index (χ0n) is 17.7. The summed E-state index contributed by atoms with van der Waals surface area (Å²) in [7, 11) is 0. The second-order valence-corrected chi connectivity index (χ2v) is 9.95. The summed E-state index contributed by atoms with van der Waals surface area (Å²) in [6.07, 6.45) is 14.4. The lowest BCUT2D eigenvalue weighted by Gasteiger charge is -2.43. The maximum absolute atomic E-state index is 12.2. The van der Waals surface area contributed by atoms with Crippen LogP contribution in [-0.4, -0.2) is 42.3 Å². The Morgan fingerprint density at radius 3 is 2.59 bits per heavy atom. The number of hydrogen-bond acceptors (Lipinski definition) is 3. The fraction of sp³-hybridized carbons (Fsp3) is 0.720. The molecule has 29 heavy (non-hydrogen) atoms. The molecule has 2 unspecified atom stereocenters. The number of carbonyl (C=O) groups excluding carboxylic acids is 1. The third-order valence-electron chi connectivity index (χ3n) is 8.28. The first kappa shape index (κ1) is 19.4. The van der Waals surface area contributed by atoms with E-state index in [2.05, 4.69) is 34.5 Å². The highest BCUT2D eigenvalue weighted by Crippen LogP contribution is 2.46. The van der Waals surface area contributed by atoms with E-state index in [0.717, 1.165) is 25.7 Å². The van der Waals surface area contributed by atoms with Crippen LogP contribution in [0.4, 0.5) is 4.79 Å². The van der Waals surface area contributed by atoms with Crippen LogP contribution in [0.25, 0.3) is 0 Å². The monoisotopic (exact) mass is 396 g/mol. The fourth-order valence-electron chi connectivity index (χ4n) is 6.24. The molecule has 1 N–H and O–H groups in total. The highest BCUT2D eigenvalue weighted by atomic mass is 16.6. The zero-order chi connectivity index (χ0) is 19.7. The minimum atomic E-state index is -0.180. The van der Waals surface area contributed by atoms with Crippen molar-refractivity contribution >= 4 is 6.09 Å². The molecular formula is C25H36N2O2. The van der Waals surface area contributed by atoms with Gasteiger partial charge in [-0.2, -0.15) is 0 Å². The molecule has 0 aromatic heterocycles. The number of fused-ring (bicyclic) bond motifs is 2. The Morgan fingerprint density at radius 2 is 1.79 bits per heavy atom. The number of carbonyl (C=O) groups is 1. The number of amides is 1. The quantitative estimate of drug-likeness (QED) is 0.735. The molecule has 1 saturated heterocycles. The number of aryl methyl sites for hydroxylation is 1. The van der Waals surface area contributed by atoms with Crippen LogP contribution < -0.4 is 5.32 Å². The van der Waals surface area contributed by atoms with Crippen molar-refractivity contribution in [2.45, 2.75) is 101 Å². The molecule has 5 rings (SSSR count). The summed E-state index contributed by atoms with van der Waals surface area (Å²) in [5, 5.41) is 3.20. The average molecular weight is 397 g/mol. The van der Waals surface area contributed by atoms with Gasteiger partial charge in [0.15, 0.2) is 0 Å². The van der Waals surface area contributed by atoms with E-state index < -0.39 is 0 Å². The van der Waals surface area contributed by atoms with Crippen molar-refractivity contribution in [3.63, 3.8) is 0 Å². The second kappa shape index (κ2) is 8.29. The predicted molar refractivity (Wildman–Crippen MR) is 115 cm³/mol. The summed E-state index contributed by atoms with van der Waals surface area (Å²) in [6, 6.07) is 10.0. The number of nitrogens with zero attached hydrogens (tertiary/aromatic N) is 1. The lowest BCUT2D eigenvalue weighted by molar-refractivity contribution is 0.0484. The third-order valence-corrected chi connectivity index (χ3v) is 8.28. The number of likely N-dealkylation sites (tertiary alicyclic amines) is 1. The first-order chi connectivity index (χ1) is 14.2. The zero-order valence-corrected chi connectivity index (χ0v) is 17.7. The Hall–Kier alpha value is -1.55. The van der Waals surface area contributed by atoms with E-state index in [0.29, 0.717) is 11.5 Å². The summed E-state index contributed by atoms with van der Waals surface area (Å²) in [5.74, 6) is 0. The Bertz CT molecular complexity index is 721. The number of nitrogens with one attached hydrogen (secondary N) is 1. The smallest absolute Gasteiger partial charge is 0.407 e. The molecule has 1 spiro atoms. The molecule has 3 aliphatic carbocycles. The fourth-order valence-corrected chi connectivity index (χ4v) is 6.24. The summed E-state index contributed by atoms with van der Waals surface area (Å²) in [4.78, 5) is 15.0. The lowest BCUT2D eigenvalue weighted by atomic mass is 9.73. The molecule has 1 aliphatic heterocycles. The van der Waals surface area contributed by atoms with Crippen LogP contribution in [0.15, 0.2) is 24.3 Å². The molecule has 1 aromatic carbocycles. The van der Waals surface area contributed by atoms with E-state index in [-0.39, 0.29) is 18.2 Å². The third kappa shape index (κ3) is 4.05. The van der Waals surface area contributed by atoms with E-state index in [1.165, 1.54) is 64.5 Å². The van der Waals surface area contributed by atoms with Crippen LogP contribution in [0.3, 0.4) is 0 Å². The molecule has 4 nitrogen and oxygen atoms in total. The standard InChI is InChI=1S/C25H36N2O2/c28-24(29-22-9-5-10-22)26-20-7-2-3-8-21(18-20)27-16-14-25(15-17-27)13-12-19-6-1-4-11-23(19)25/h1,4,6,11,20-22H,2-3,5,7-10,12-18H2,(H,26,28). The molecule has 4 aliphatic rings. The van der Waals surface area contributed by atoms with E-state index in [1.54, 1.807) is 11.1 Å². The van der Waals surface area contributed by atoms with Gasteiger partial charge in [-0.1, -0.05) is 37.1 Å². The number of benzene rings is 1. The van der Waals surface area contributed by atoms with Crippen LogP contribution in [-0.2, 0) is 16.6 Å². The summed E-state index contributed by atoms with van der Waals surface area (Å²) in [5.41, 5.74) is 3.66. The van der Waals surface area contributed by atoms with Gasteiger partial charge in [0.1, 0.15) is 6.10 Å². The average Bonchev–Trinajstić information content (AvgIpc) is 2.89. The van der Waals surface area contributed by atoms with Gasteiger partial charge in [0.05, 0.1) is 0 Å². The molecule has 0 radical (unpaired) electrons. The minimum absolute atomic E-state index is 0.171. The molecule has 2 atom stereocenters. The van der Waals surface area contributed by atoms with Crippen molar-refractivity contribution in [3.05, 3.63) is 35.4 Å². The maximum Gasteiger partial charge on any atom is 0.407 e. The summed E-state index contributed by atoms with van der Waals surface area (Å²) >= 11 is 0. The van der Waals surface area contributed by atoms with Crippen LogP contribution in [0.5, 0.6) is 0 Å². The predicted octanol–water partition coefficient (Wildman–Crippen LogP) is 4.95. The van der Waals surface area contributed by atoms with E-state index in [1.807, 2.05) is 0 Å². The Morgan fingerprint density at radius 1 is 1.00 bits per heavy atom. The molecule has 4 heteroatoms. The van der Waals surface area contributed by atoms with Crippen molar-refractivity contribution < 1.29 is 9.53 Å². The molecular weight excluding hydrogens is 360 g/mol. The summed E-state index contributed by atoms with van der Waals surface area (Å²) < 4.78 is 5.54. The Balaban J connectivity index is 1.17. The maximum atomic E-state index is 12.2. The van der Waals surface area contributed by atoms with Gasteiger partial charge in [-0.15, -0.1) is 0 Å². The SMILES string of the molecule is O=C(NC1CCCCC(N2CCC3(CCc4ccccc43)CC2)C1)OC1CCC1. The van der Waals surface area contributed by atoms with Crippen LogP contribution in [0.1, 0.15) is 81.8 Å². The van der Waals surface area contributed by atoms with Gasteiger partial charge in [-0.3, -0.25) is 0 Å². The number of hydrogen-bond donors (Lipinski definition) is 1. The van der Waals surface area contributed by atoms with Crippen LogP contribution >= 0.6 is 0 Å². The largest absolute Gasteiger partial charge is 0.446 e. The van der Waals surface area contributed by atoms with Crippen LogP contribution in [0, 0.1) is 0 Å². The molecule has 3 fully saturated rings. The molecule has 1 aromatic rings. The lowest BCUT2D eigenvalue weighted by Crippen LogP contribution is -2.48. The van der Waals surface area contributed by atoms with E-state index >= 15 is 0 Å². The van der Waals surface area contributed by atoms with Crippen molar-refractivity contribution in [1.29, 1.82) is 0 Å². The van der Waals surface area contributed by atoms with Gasteiger partial charge in [-0.25, -0.2) is 4.79 Å². The highest BCUT2D eigenvalue weighted by molar-refractivity contribution is 5.67. The van der Waals surface area contributed by atoms with Crippen LogP contribution in [0.2, 0.25) is 0 Å². The van der Waals surface area contributed by atoms with Crippen molar-refractivity contribution in [2.24, 2.45) is 0 Å². The Kier molecular flexibility index (Phi) is 5.55. The Labute approximate surface area is 175 Å². The number of ether oxygens (including phenoxy) is 1. The number of rotatable bonds is 3. The molecule has 2 saturated carbocycles.